The van der Waals surface area contributed by atoms with Gasteiger partial charge in [-0.15, -0.1) is 0 Å². The van der Waals surface area contributed by atoms with E-state index in [-0.39, 0.29) is 5.41 Å². The van der Waals surface area contributed by atoms with Gasteiger partial charge in [0.2, 0.25) is 0 Å². The van der Waals surface area contributed by atoms with E-state index < -0.39 is 6.09 Å². The topological polar surface area (TPSA) is 57.6 Å². The predicted molar refractivity (Wildman–Crippen MR) is 50.1 cm³/mol. The molecule has 1 heterocycles. The van der Waals surface area contributed by atoms with Gasteiger partial charge in [-0.2, -0.15) is 0 Å². The quantitative estimate of drug-likeness (QED) is 0.640. The number of rotatable bonds is 0. The lowest BCUT2D eigenvalue weighted by Crippen LogP contribution is -2.33. The van der Waals surface area contributed by atoms with Crippen LogP contribution in [0.1, 0.15) is 32.1 Å². The number of carbonyl (C=O) groups is 2. The number of ketones is 1. The zero-order valence-corrected chi connectivity index (χ0v) is 8.16. The standard InChI is InChI=1S/C10H15NO3/c12-8-1-3-10(4-2-8)5-6-11(7-10)9(13)14/h1-7H2,(H,13,14). The van der Waals surface area contributed by atoms with E-state index in [1.54, 1.807) is 0 Å². The monoisotopic (exact) mass is 197 g/mol. The van der Waals surface area contributed by atoms with E-state index in [2.05, 4.69) is 0 Å². The van der Waals surface area contributed by atoms with E-state index in [1.165, 1.54) is 4.90 Å². The summed E-state index contributed by atoms with van der Waals surface area (Å²) in [5.41, 5.74) is 0.131. The lowest BCUT2D eigenvalue weighted by atomic mass is 9.73. The Labute approximate surface area is 82.9 Å². The fraction of sp³-hybridized carbons (Fsp3) is 0.800. The highest BCUT2D eigenvalue weighted by atomic mass is 16.4. The van der Waals surface area contributed by atoms with Crippen molar-refractivity contribution in [1.82, 2.24) is 4.90 Å². The van der Waals surface area contributed by atoms with Crippen molar-refractivity contribution in [3.8, 4) is 0 Å². The van der Waals surface area contributed by atoms with Gasteiger partial charge in [-0.25, -0.2) is 4.79 Å². The number of nitrogens with zero attached hydrogens (tertiary/aromatic N) is 1. The molecule has 0 atom stereocenters. The smallest absolute Gasteiger partial charge is 0.407 e. The summed E-state index contributed by atoms with van der Waals surface area (Å²) < 4.78 is 0. The first-order valence-electron chi connectivity index (χ1n) is 5.11. The lowest BCUT2D eigenvalue weighted by molar-refractivity contribution is -0.122. The summed E-state index contributed by atoms with van der Waals surface area (Å²) in [4.78, 5) is 23.3. The molecule has 0 aromatic heterocycles. The fourth-order valence-electron chi connectivity index (χ4n) is 2.57. The second-order valence-corrected chi connectivity index (χ2v) is 4.49. The molecule has 2 aliphatic rings. The molecule has 0 radical (unpaired) electrons. The van der Waals surface area contributed by atoms with Crippen LogP contribution in [-0.2, 0) is 4.79 Å². The van der Waals surface area contributed by atoms with Crippen molar-refractivity contribution in [3.05, 3.63) is 0 Å². The van der Waals surface area contributed by atoms with Crippen LogP contribution < -0.4 is 0 Å². The first-order chi connectivity index (χ1) is 6.61. The number of carbonyl (C=O) groups excluding carboxylic acids is 1. The van der Waals surface area contributed by atoms with Gasteiger partial charge in [0, 0.05) is 25.9 Å². The minimum absolute atomic E-state index is 0.131. The molecule has 4 heteroatoms. The third kappa shape index (κ3) is 1.61. The van der Waals surface area contributed by atoms with Crippen LogP contribution >= 0.6 is 0 Å². The number of Topliss-reactive ketones (excluding diaryl/α,β-unsaturated/α-hetero) is 1. The normalized spacial score (nSPS) is 25.7. The molecule has 1 saturated carbocycles. The summed E-state index contributed by atoms with van der Waals surface area (Å²) in [5.74, 6) is 0.337. The minimum atomic E-state index is -0.821. The number of carboxylic acid groups (broad SMARTS) is 1. The van der Waals surface area contributed by atoms with Crippen LogP contribution in [0.4, 0.5) is 4.79 Å². The second kappa shape index (κ2) is 3.26. The Kier molecular flexibility index (Phi) is 2.21. The van der Waals surface area contributed by atoms with Crippen LogP contribution in [0.3, 0.4) is 0 Å². The summed E-state index contributed by atoms with van der Waals surface area (Å²) >= 11 is 0. The third-order valence-electron chi connectivity index (χ3n) is 3.58. The van der Waals surface area contributed by atoms with Crippen LogP contribution in [0.25, 0.3) is 0 Å². The average Bonchev–Trinajstić information content (AvgIpc) is 2.56. The molecular weight excluding hydrogens is 182 g/mol. The maximum atomic E-state index is 11.1. The van der Waals surface area contributed by atoms with E-state index in [0.29, 0.717) is 31.7 Å². The molecule has 1 amide bonds. The van der Waals surface area contributed by atoms with Crippen molar-refractivity contribution in [3.63, 3.8) is 0 Å². The highest BCUT2D eigenvalue weighted by Gasteiger charge is 2.41. The first-order valence-corrected chi connectivity index (χ1v) is 5.11. The van der Waals surface area contributed by atoms with Gasteiger partial charge >= 0.3 is 6.09 Å². The predicted octanol–water partition coefficient (Wildman–Crippen LogP) is 1.50. The molecule has 2 rings (SSSR count). The van der Waals surface area contributed by atoms with Crippen molar-refractivity contribution in [1.29, 1.82) is 0 Å². The summed E-state index contributed by atoms with van der Waals surface area (Å²) in [5, 5.41) is 8.84. The molecule has 0 bridgehead atoms. The second-order valence-electron chi connectivity index (χ2n) is 4.49. The molecule has 78 valence electrons. The molecule has 0 unspecified atom stereocenters. The lowest BCUT2D eigenvalue weighted by Gasteiger charge is -2.32. The molecule has 1 saturated heterocycles. The van der Waals surface area contributed by atoms with Crippen molar-refractivity contribution >= 4 is 11.9 Å². The molecule has 4 nitrogen and oxygen atoms in total. The van der Waals surface area contributed by atoms with Gasteiger partial charge in [0.15, 0.2) is 0 Å². The molecule has 1 spiro atoms. The van der Waals surface area contributed by atoms with E-state index in [9.17, 15) is 9.59 Å². The van der Waals surface area contributed by atoms with Gasteiger partial charge in [0.05, 0.1) is 0 Å². The Morgan fingerprint density at radius 2 is 1.93 bits per heavy atom. The summed E-state index contributed by atoms with van der Waals surface area (Å²) in [6, 6.07) is 0. The van der Waals surface area contributed by atoms with Gasteiger partial charge in [-0.05, 0) is 24.7 Å². The third-order valence-corrected chi connectivity index (χ3v) is 3.58. The van der Waals surface area contributed by atoms with E-state index in [4.69, 9.17) is 5.11 Å². The van der Waals surface area contributed by atoms with E-state index >= 15 is 0 Å². The summed E-state index contributed by atoms with van der Waals surface area (Å²) in [7, 11) is 0. The van der Waals surface area contributed by atoms with Crippen LogP contribution in [-0.4, -0.2) is 35.0 Å². The maximum absolute atomic E-state index is 11.1. The molecule has 1 aliphatic carbocycles. The number of hydrogen-bond acceptors (Lipinski definition) is 2. The van der Waals surface area contributed by atoms with Crippen molar-refractivity contribution in [2.75, 3.05) is 13.1 Å². The molecule has 0 aromatic carbocycles. The minimum Gasteiger partial charge on any atom is -0.465 e. The fourth-order valence-corrected chi connectivity index (χ4v) is 2.57. The van der Waals surface area contributed by atoms with E-state index in [1.807, 2.05) is 0 Å². The number of hydrogen-bond donors (Lipinski definition) is 1. The van der Waals surface area contributed by atoms with Crippen LogP contribution in [0.5, 0.6) is 0 Å². The molecule has 1 N–H and O–H groups in total. The summed E-state index contributed by atoms with van der Waals surface area (Å²) in [6.07, 6.45) is 3.18. The van der Waals surface area contributed by atoms with Crippen LogP contribution in [0.15, 0.2) is 0 Å². The van der Waals surface area contributed by atoms with Crippen LogP contribution in [0.2, 0.25) is 0 Å². The van der Waals surface area contributed by atoms with Gasteiger partial charge in [-0.3, -0.25) is 4.79 Å². The maximum Gasteiger partial charge on any atom is 0.407 e. The highest BCUT2D eigenvalue weighted by molar-refractivity contribution is 5.79. The van der Waals surface area contributed by atoms with Gasteiger partial charge in [0.1, 0.15) is 5.78 Å². The Bertz CT molecular complexity index is 265. The van der Waals surface area contributed by atoms with Crippen molar-refractivity contribution < 1.29 is 14.7 Å². The van der Waals surface area contributed by atoms with Gasteiger partial charge in [-0.1, -0.05) is 0 Å². The van der Waals surface area contributed by atoms with Crippen LogP contribution in [0, 0.1) is 5.41 Å². The van der Waals surface area contributed by atoms with Gasteiger partial charge < -0.3 is 10.0 Å². The molecule has 1 aliphatic heterocycles. The highest BCUT2D eigenvalue weighted by Crippen LogP contribution is 2.42. The number of likely N-dealkylation sites (tertiary alicyclic amines) is 1. The SMILES string of the molecule is O=C1CCC2(CC1)CCN(C(=O)O)C2. The van der Waals surface area contributed by atoms with Crippen molar-refractivity contribution in [2.24, 2.45) is 5.41 Å². The number of amides is 1. The average molecular weight is 197 g/mol. The zero-order chi connectivity index (χ0) is 10.2. The largest absolute Gasteiger partial charge is 0.465 e. The van der Waals surface area contributed by atoms with Crippen molar-refractivity contribution in [2.45, 2.75) is 32.1 Å². The Morgan fingerprint density at radius 1 is 1.29 bits per heavy atom. The Balaban J connectivity index is 1.99. The first kappa shape index (κ1) is 9.49. The molecular formula is C10H15NO3. The zero-order valence-electron chi connectivity index (χ0n) is 8.16. The van der Waals surface area contributed by atoms with E-state index in [0.717, 1.165) is 19.3 Å². The Morgan fingerprint density at radius 3 is 2.43 bits per heavy atom. The molecule has 2 fully saturated rings. The molecule has 0 aromatic rings. The molecule has 14 heavy (non-hydrogen) atoms. The summed E-state index contributed by atoms with van der Waals surface area (Å²) in [6.45, 7) is 1.28. The Hall–Kier alpha value is -1.06. The van der Waals surface area contributed by atoms with Gasteiger partial charge in [0.25, 0.3) is 0 Å².